The number of carbonyl (C=O) groups is 2. The zero-order chi connectivity index (χ0) is 21.2. The van der Waals surface area contributed by atoms with Crippen LogP contribution in [0.3, 0.4) is 0 Å². The van der Waals surface area contributed by atoms with Gasteiger partial charge in [0, 0.05) is 38.3 Å². The van der Waals surface area contributed by atoms with Gasteiger partial charge in [0.1, 0.15) is 0 Å². The van der Waals surface area contributed by atoms with Crippen molar-refractivity contribution in [2.24, 2.45) is 11.8 Å². The lowest BCUT2D eigenvalue weighted by molar-refractivity contribution is -0.130. The first-order valence-corrected chi connectivity index (χ1v) is 10.7. The van der Waals surface area contributed by atoms with Crippen LogP contribution < -0.4 is 5.32 Å². The fourth-order valence-electron chi connectivity index (χ4n) is 4.74. The molecule has 2 aliphatic heterocycles. The number of hydrogen-bond acceptors (Lipinski definition) is 3. The molecule has 1 aromatic rings. The van der Waals surface area contributed by atoms with Crippen molar-refractivity contribution in [2.75, 3.05) is 19.6 Å². The Kier molecular flexibility index (Phi) is 6.47. The maximum absolute atomic E-state index is 12.9. The lowest BCUT2D eigenvalue weighted by Gasteiger charge is -2.45. The van der Waals surface area contributed by atoms with Gasteiger partial charge in [0.25, 0.3) is 0 Å². The Morgan fingerprint density at radius 2 is 1.79 bits per heavy atom. The third kappa shape index (κ3) is 5.08. The van der Waals surface area contributed by atoms with E-state index in [0.717, 1.165) is 24.2 Å². The van der Waals surface area contributed by atoms with Crippen molar-refractivity contribution in [2.45, 2.75) is 59.0 Å². The molecule has 2 heterocycles. The largest absolute Gasteiger partial charge is 0.354 e. The smallest absolute Gasteiger partial charge is 0.223 e. The number of piperidine rings is 1. The highest BCUT2D eigenvalue weighted by atomic mass is 16.2. The monoisotopic (exact) mass is 397 g/mol. The molecule has 3 unspecified atom stereocenters. The summed E-state index contributed by atoms with van der Waals surface area (Å²) < 4.78 is 0. The molecule has 0 aliphatic carbocycles. The fraction of sp³-hybridized carbons (Fsp3) is 0.583. The van der Waals surface area contributed by atoms with Crippen LogP contribution in [0.4, 0.5) is 0 Å². The molecular formula is C24H35N3O2. The van der Waals surface area contributed by atoms with E-state index >= 15 is 0 Å². The van der Waals surface area contributed by atoms with Gasteiger partial charge in [-0.3, -0.25) is 14.5 Å². The zero-order valence-corrected chi connectivity index (χ0v) is 18.4. The van der Waals surface area contributed by atoms with E-state index in [1.165, 1.54) is 6.42 Å². The summed E-state index contributed by atoms with van der Waals surface area (Å²) in [4.78, 5) is 29.2. The maximum Gasteiger partial charge on any atom is 0.223 e. The zero-order valence-electron chi connectivity index (χ0n) is 18.4. The number of nitrogens with zero attached hydrogens (tertiary/aromatic N) is 2. The number of likely N-dealkylation sites (tertiary alicyclic amines) is 1. The predicted molar refractivity (Wildman–Crippen MR) is 117 cm³/mol. The number of amides is 2. The second kappa shape index (κ2) is 8.70. The molecule has 29 heavy (non-hydrogen) atoms. The normalized spacial score (nSPS) is 24.9. The van der Waals surface area contributed by atoms with Crippen LogP contribution in [0.15, 0.2) is 30.5 Å². The summed E-state index contributed by atoms with van der Waals surface area (Å²) in [6, 6.07) is 7.71. The van der Waals surface area contributed by atoms with E-state index < -0.39 is 0 Å². The molecule has 2 aliphatic rings. The number of rotatable bonds is 5. The van der Waals surface area contributed by atoms with Crippen molar-refractivity contribution in [1.82, 2.24) is 15.1 Å². The van der Waals surface area contributed by atoms with Gasteiger partial charge in [0.2, 0.25) is 11.8 Å². The molecule has 1 saturated heterocycles. The van der Waals surface area contributed by atoms with E-state index in [9.17, 15) is 9.59 Å². The molecule has 0 saturated carbocycles. The van der Waals surface area contributed by atoms with Gasteiger partial charge in [-0.2, -0.15) is 0 Å². The van der Waals surface area contributed by atoms with Gasteiger partial charge >= 0.3 is 0 Å². The molecule has 5 nitrogen and oxygen atoms in total. The van der Waals surface area contributed by atoms with Crippen LogP contribution in [0.1, 0.15) is 64.6 Å². The highest BCUT2D eigenvalue weighted by Crippen LogP contribution is 2.33. The highest BCUT2D eigenvalue weighted by Gasteiger charge is 2.34. The minimum Gasteiger partial charge on any atom is -0.354 e. The number of nitrogens with one attached hydrogen (secondary N) is 1. The molecule has 0 aromatic heterocycles. The number of fused-ring (bicyclic) bond motifs is 1. The second-order valence-corrected chi connectivity index (χ2v) is 9.53. The topological polar surface area (TPSA) is 52.7 Å². The van der Waals surface area contributed by atoms with E-state index in [0.29, 0.717) is 18.4 Å². The quantitative estimate of drug-likeness (QED) is 0.822. The van der Waals surface area contributed by atoms with Gasteiger partial charge in [-0.05, 0) is 49.3 Å². The van der Waals surface area contributed by atoms with Crippen molar-refractivity contribution in [1.29, 1.82) is 0 Å². The average molecular weight is 398 g/mol. The molecule has 3 rings (SSSR count). The van der Waals surface area contributed by atoms with Crippen molar-refractivity contribution in [3.63, 3.8) is 0 Å². The van der Waals surface area contributed by atoms with Crippen LogP contribution in [0.2, 0.25) is 0 Å². The lowest BCUT2D eigenvalue weighted by Crippen LogP contribution is -2.56. The van der Waals surface area contributed by atoms with Gasteiger partial charge in [0.05, 0.1) is 12.5 Å². The van der Waals surface area contributed by atoms with Crippen molar-refractivity contribution in [3.8, 4) is 0 Å². The molecule has 1 N–H and O–H groups in total. The summed E-state index contributed by atoms with van der Waals surface area (Å²) in [6.45, 7) is 13.3. The van der Waals surface area contributed by atoms with Gasteiger partial charge in [-0.25, -0.2) is 0 Å². The average Bonchev–Trinajstić information content (AvgIpc) is 2.66. The van der Waals surface area contributed by atoms with Crippen LogP contribution in [0.5, 0.6) is 0 Å². The Hall–Kier alpha value is -2.14. The molecule has 3 atom stereocenters. The predicted octanol–water partition coefficient (Wildman–Crippen LogP) is 3.82. The number of benzene rings is 1. The molecule has 2 amide bonds. The summed E-state index contributed by atoms with van der Waals surface area (Å²) >= 11 is 0. The van der Waals surface area contributed by atoms with E-state index in [1.54, 1.807) is 18.0 Å². The van der Waals surface area contributed by atoms with Gasteiger partial charge in [0.15, 0.2) is 0 Å². The first-order valence-electron chi connectivity index (χ1n) is 10.7. The Bertz CT molecular complexity index is 776. The summed E-state index contributed by atoms with van der Waals surface area (Å²) in [5, 5.41) is 3.14. The third-order valence-corrected chi connectivity index (χ3v) is 6.29. The first kappa shape index (κ1) is 21.6. The first-order chi connectivity index (χ1) is 13.7. The van der Waals surface area contributed by atoms with Crippen LogP contribution in [0.25, 0.3) is 6.08 Å². The van der Waals surface area contributed by atoms with Gasteiger partial charge < -0.3 is 10.2 Å². The van der Waals surface area contributed by atoms with Crippen molar-refractivity contribution >= 4 is 17.9 Å². The summed E-state index contributed by atoms with van der Waals surface area (Å²) in [7, 11) is 0. The minimum atomic E-state index is -0.258. The number of carbonyl (C=O) groups excluding carboxylic acids is 2. The molecule has 0 spiro atoms. The Labute approximate surface area is 175 Å². The lowest BCUT2D eigenvalue weighted by atomic mass is 9.88. The minimum absolute atomic E-state index is 0.0162. The second-order valence-electron chi connectivity index (χ2n) is 9.53. The summed E-state index contributed by atoms with van der Waals surface area (Å²) in [5.41, 5.74) is 2.00. The molecule has 0 bridgehead atoms. The fourth-order valence-corrected chi connectivity index (χ4v) is 4.74. The standard InChI is InChI=1S/C24H35N3O2/c1-17-12-18(2)15-26(14-17)24(4,5)16-25-23(29)13-22-21-9-7-6-8-20(21)10-11-27(22)19(3)28/h6-11,17-18,22H,12-16H2,1-5H3,(H,25,29). The van der Waals surface area contributed by atoms with E-state index in [1.807, 2.05) is 30.3 Å². The molecule has 1 fully saturated rings. The van der Waals surface area contributed by atoms with Crippen LogP contribution in [-0.2, 0) is 9.59 Å². The molecular weight excluding hydrogens is 362 g/mol. The number of hydrogen-bond donors (Lipinski definition) is 1. The maximum atomic E-state index is 12.9. The van der Waals surface area contributed by atoms with Gasteiger partial charge in [-0.15, -0.1) is 0 Å². The molecule has 158 valence electrons. The Balaban J connectivity index is 1.65. The third-order valence-electron chi connectivity index (χ3n) is 6.29. The SMILES string of the molecule is CC(=O)N1C=Cc2ccccc2C1CC(=O)NCC(C)(C)N1CC(C)CC(C)C1. The van der Waals surface area contributed by atoms with Gasteiger partial charge in [-0.1, -0.05) is 38.1 Å². The highest BCUT2D eigenvalue weighted by molar-refractivity contribution is 5.81. The van der Waals surface area contributed by atoms with Crippen molar-refractivity contribution in [3.05, 3.63) is 41.6 Å². The van der Waals surface area contributed by atoms with Crippen molar-refractivity contribution < 1.29 is 9.59 Å². The summed E-state index contributed by atoms with van der Waals surface area (Å²) in [6.07, 6.45) is 5.27. The van der Waals surface area contributed by atoms with E-state index in [-0.39, 0.29) is 29.8 Å². The molecule has 5 heteroatoms. The van der Waals surface area contributed by atoms with Crippen LogP contribution >= 0.6 is 0 Å². The summed E-state index contributed by atoms with van der Waals surface area (Å²) in [5.74, 6) is 1.30. The van der Waals surface area contributed by atoms with E-state index in [4.69, 9.17) is 0 Å². The Morgan fingerprint density at radius 3 is 2.45 bits per heavy atom. The van der Waals surface area contributed by atoms with E-state index in [2.05, 4.69) is 37.9 Å². The van der Waals surface area contributed by atoms with Crippen LogP contribution in [-0.4, -0.2) is 46.8 Å². The molecule has 1 aromatic carbocycles. The molecule has 0 radical (unpaired) electrons. The Morgan fingerprint density at radius 1 is 1.14 bits per heavy atom. The van der Waals surface area contributed by atoms with Crippen LogP contribution in [0, 0.1) is 11.8 Å².